The zero-order valence-electron chi connectivity index (χ0n) is 19.5. The Morgan fingerprint density at radius 3 is 2.31 bits per heavy atom. The molecule has 1 saturated heterocycles. The SMILES string of the molecule is CCCc1cc(CCCN2CCN(c3ccc(C)cc3C)CC2)n(C(C)(C)C)n1. The molecule has 1 aromatic carbocycles. The topological polar surface area (TPSA) is 24.3 Å². The van der Waals surface area contributed by atoms with Gasteiger partial charge in [-0.25, -0.2) is 0 Å². The molecule has 4 heteroatoms. The Hall–Kier alpha value is -1.81. The molecule has 2 aromatic rings. The molecule has 0 unspecified atom stereocenters. The molecule has 160 valence electrons. The van der Waals surface area contributed by atoms with Gasteiger partial charge in [0, 0.05) is 37.6 Å². The molecule has 29 heavy (non-hydrogen) atoms. The second-order valence-electron chi connectivity index (χ2n) is 9.68. The highest BCUT2D eigenvalue weighted by molar-refractivity contribution is 5.54. The molecule has 2 heterocycles. The first kappa shape index (κ1) is 21.9. The van der Waals surface area contributed by atoms with Crippen molar-refractivity contribution in [2.24, 2.45) is 0 Å². The Kier molecular flexibility index (Phi) is 7.05. The Balaban J connectivity index is 1.51. The number of anilines is 1. The first-order valence-electron chi connectivity index (χ1n) is 11.4. The molecule has 1 aliphatic rings. The van der Waals surface area contributed by atoms with Gasteiger partial charge in [0.15, 0.2) is 0 Å². The van der Waals surface area contributed by atoms with Crippen molar-refractivity contribution in [3.8, 4) is 0 Å². The predicted octanol–water partition coefficient (Wildman–Crippen LogP) is 4.96. The van der Waals surface area contributed by atoms with E-state index in [4.69, 9.17) is 5.10 Å². The summed E-state index contributed by atoms with van der Waals surface area (Å²) < 4.78 is 2.26. The number of rotatable bonds is 7. The second-order valence-corrected chi connectivity index (χ2v) is 9.68. The third kappa shape index (κ3) is 5.63. The van der Waals surface area contributed by atoms with Gasteiger partial charge in [-0.3, -0.25) is 9.58 Å². The van der Waals surface area contributed by atoms with Gasteiger partial charge in [0.05, 0.1) is 11.2 Å². The average Bonchev–Trinajstić information content (AvgIpc) is 3.06. The van der Waals surface area contributed by atoms with Crippen molar-refractivity contribution in [2.45, 2.75) is 72.8 Å². The maximum absolute atomic E-state index is 4.89. The van der Waals surface area contributed by atoms with Crippen LogP contribution < -0.4 is 4.90 Å². The first-order chi connectivity index (χ1) is 13.8. The molecule has 0 amide bonds. The van der Waals surface area contributed by atoms with Crippen molar-refractivity contribution in [2.75, 3.05) is 37.6 Å². The molecule has 1 aliphatic heterocycles. The molecule has 3 rings (SSSR count). The fourth-order valence-electron chi connectivity index (χ4n) is 4.47. The van der Waals surface area contributed by atoms with Gasteiger partial charge in [-0.05, 0) is 78.1 Å². The molecule has 0 spiro atoms. The van der Waals surface area contributed by atoms with E-state index in [9.17, 15) is 0 Å². The van der Waals surface area contributed by atoms with E-state index in [0.29, 0.717) is 0 Å². The summed E-state index contributed by atoms with van der Waals surface area (Å²) in [4.78, 5) is 5.18. The fraction of sp³-hybridized carbons (Fsp3) is 0.640. The van der Waals surface area contributed by atoms with Gasteiger partial charge in [-0.1, -0.05) is 31.0 Å². The van der Waals surface area contributed by atoms with E-state index in [-0.39, 0.29) is 5.54 Å². The smallest absolute Gasteiger partial charge is 0.0627 e. The van der Waals surface area contributed by atoms with Crippen LogP contribution in [0, 0.1) is 13.8 Å². The summed E-state index contributed by atoms with van der Waals surface area (Å²) in [5.41, 5.74) is 6.86. The molecular weight excluding hydrogens is 356 g/mol. The quantitative estimate of drug-likeness (QED) is 0.661. The Labute approximate surface area is 177 Å². The third-order valence-electron chi connectivity index (χ3n) is 5.95. The van der Waals surface area contributed by atoms with Crippen LogP contribution in [0.5, 0.6) is 0 Å². The van der Waals surface area contributed by atoms with Gasteiger partial charge in [-0.15, -0.1) is 0 Å². The highest BCUT2D eigenvalue weighted by Crippen LogP contribution is 2.23. The van der Waals surface area contributed by atoms with Crippen molar-refractivity contribution in [1.29, 1.82) is 0 Å². The fourth-order valence-corrected chi connectivity index (χ4v) is 4.47. The number of hydrogen-bond donors (Lipinski definition) is 0. The molecule has 1 fully saturated rings. The monoisotopic (exact) mass is 396 g/mol. The Morgan fingerprint density at radius 1 is 0.966 bits per heavy atom. The highest BCUT2D eigenvalue weighted by atomic mass is 15.3. The maximum Gasteiger partial charge on any atom is 0.0627 e. The lowest BCUT2D eigenvalue weighted by Crippen LogP contribution is -2.47. The van der Waals surface area contributed by atoms with Crippen molar-refractivity contribution >= 4 is 5.69 Å². The number of nitrogens with zero attached hydrogens (tertiary/aromatic N) is 4. The van der Waals surface area contributed by atoms with Gasteiger partial charge in [0.2, 0.25) is 0 Å². The lowest BCUT2D eigenvalue weighted by Gasteiger charge is -2.37. The molecular formula is C25H40N4. The van der Waals surface area contributed by atoms with Crippen LogP contribution >= 0.6 is 0 Å². The van der Waals surface area contributed by atoms with Gasteiger partial charge < -0.3 is 4.90 Å². The first-order valence-corrected chi connectivity index (χ1v) is 11.4. The van der Waals surface area contributed by atoms with E-state index in [1.165, 1.54) is 41.2 Å². The van der Waals surface area contributed by atoms with Crippen LogP contribution in [0.25, 0.3) is 0 Å². The van der Waals surface area contributed by atoms with Crippen LogP contribution in [0.2, 0.25) is 0 Å². The standard InChI is InChI=1S/C25H40N4/c1-7-9-22-19-23(29(26-22)25(4,5)6)10-8-13-27-14-16-28(17-15-27)24-12-11-20(2)18-21(24)3/h11-12,18-19H,7-10,13-17H2,1-6H3. The summed E-state index contributed by atoms with van der Waals surface area (Å²) >= 11 is 0. The number of aromatic nitrogens is 2. The molecule has 0 aliphatic carbocycles. The summed E-state index contributed by atoms with van der Waals surface area (Å²) in [5.74, 6) is 0. The van der Waals surface area contributed by atoms with E-state index in [1.807, 2.05) is 0 Å². The largest absolute Gasteiger partial charge is 0.369 e. The van der Waals surface area contributed by atoms with Gasteiger partial charge in [0.1, 0.15) is 0 Å². The number of aryl methyl sites for hydroxylation is 4. The van der Waals surface area contributed by atoms with Crippen molar-refractivity contribution < 1.29 is 0 Å². The van der Waals surface area contributed by atoms with E-state index in [0.717, 1.165) is 45.4 Å². The summed E-state index contributed by atoms with van der Waals surface area (Å²) in [6.07, 6.45) is 4.56. The number of hydrogen-bond acceptors (Lipinski definition) is 3. The normalized spacial score (nSPS) is 15.9. The van der Waals surface area contributed by atoms with Crippen molar-refractivity contribution in [3.05, 3.63) is 46.8 Å². The number of piperazine rings is 1. The van der Waals surface area contributed by atoms with Crippen molar-refractivity contribution in [1.82, 2.24) is 14.7 Å². The van der Waals surface area contributed by atoms with Crippen LogP contribution in [-0.4, -0.2) is 47.4 Å². The van der Waals surface area contributed by atoms with Crippen LogP contribution in [0.1, 0.15) is 63.1 Å². The molecule has 0 N–H and O–H groups in total. The van der Waals surface area contributed by atoms with Crippen molar-refractivity contribution in [3.63, 3.8) is 0 Å². The summed E-state index contributed by atoms with van der Waals surface area (Å²) in [7, 11) is 0. The maximum atomic E-state index is 4.89. The summed E-state index contributed by atoms with van der Waals surface area (Å²) in [6.45, 7) is 19.2. The molecule has 0 bridgehead atoms. The summed E-state index contributed by atoms with van der Waals surface area (Å²) in [5, 5.41) is 4.89. The van der Waals surface area contributed by atoms with E-state index < -0.39 is 0 Å². The third-order valence-corrected chi connectivity index (χ3v) is 5.95. The van der Waals surface area contributed by atoms with Gasteiger partial charge >= 0.3 is 0 Å². The minimum absolute atomic E-state index is 0.0544. The average molecular weight is 397 g/mol. The lowest BCUT2D eigenvalue weighted by atomic mass is 10.1. The van der Waals surface area contributed by atoms with Crippen LogP contribution in [0.4, 0.5) is 5.69 Å². The summed E-state index contributed by atoms with van der Waals surface area (Å²) in [6, 6.07) is 9.17. The van der Waals surface area contributed by atoms with E-state index in [2.05, 4.69) is 80.3 Å². The Morgan fingerprint density at radius 2 is 1.69 bits per heavy atom. The molecule has 4 nitrogen and oxygen atoms in total. The second kappa shape index (κ2) is 9.34. The Bertz CT molecular complexity index is 792. The molecule has 1 aromatic heterocycles. The zero-order chi connectivity index (χ0) is 21.0. The lowest BCUT2D eigenvalue weighted by molar-refractivity contribution is 0.253. The van der Waals surface area contributed by atoms with Crippen LogP contribution in [0.15, 0.2) is 24.3 Å². The highest BCUT2D eigenvalue weighted by Gasteiger charge is 2.21. The van der Waals surface area contributed by atoms with E-state index >= 15 is 0 Å². The minimum atomic E-state index is 0.0544. The zero-order valence-corrected chi connectivity index (χ0v) is 19.5. The molecule has 0 saturated carbocycles. The molecule has 0 atom stereocenters. The van der Waals surface area contributed by atoms with Crippen LogP contribution in [-0.2, 0) is 18.4 Å². The van der Waals surface area contributed by atoms with E-state index in [1.54, 1.807) is 0 Å². The number of benzene rings is 1. The van der Waals surface area contributed by atoms with Crippen LogP contribution in [0.3, 0.4) is 0 Å². The van der Waals surface area contributed by atoms with Gasteiger partial charge in [0.25, 0.3) is 0 Å². The van der Waals surface area contributed by atoms with Gasteiger partial charge in [-0.2, -0.15) is 5.10 Å². The minimum Gasteiger partial charge on any atom is -0.369 e. The predicted molar refractivity (Wildman–Crippen MR) is 124 cm³/mol. The molecule has 0 radical (unpaired) electrons.